The molecule has 68 valence electrons. The Kier molecular flexibility index (Phi) is 1.89. The molecule has 0 spiro atoms. The van der Waals surface area contributed by atoms with Crippen molar-refractivity contribution in [2.45, 2.75) is 13.3 Å². The Morgan fingerprint density at radius 1 is 1.38 bits per heavy atom. The standard InChI is InChI=1S/C11H11NO.H2/c1-2-8-7-9-5-3-4-6-10(9)12-11(8)13;/h3-7H,2H2,1H3,(H,12,13);1H. The van der Waals surface area contributed by atoms with Crippen molar-refractivity contribution in [3.05, 3.63) is 46.2 Å². The molecule has 2 nitrogen and oxygen atoms in total. The molecular weight excluding hydrogens is 162 g/mol. The van der Waals surface area contributed by atoms with Crippen LogP contribution in [0.1, 0.15) is 13.9 Å². The third-order valence-corrected chi connectivity index (χ3v) is 2.21. The summed E-state index contributed by atoms with van der Waals surface area (Å²) in [6, 6.07) is 9.76. The first-order valence-corrected chi connectivity index (χ1v) is 4.42. The van der Waals surface area contributed by atoms with Gasteiger partial charge in [-0.1, -0.05) is 25.1 Å². The highest BCUT2D eigenvalue weighted by atomic mass is 16.1. The lowest BCUT2D eigenvalue weighted by Crippen LogP contribution is -2.10. The summed E-state index contributed by atoms with van der Waals surface area (Å²) in [6.07, 6.45) is 0.778. The first-order valence-electron chi connectivity index (χ1n) is 4.42. The van der Waals surface area contributed by atoms with Crippen LogP contribution in [0.5, 0.6) is 0 Å². The molecule has 1 N–H and O–H groups in total. The molecule has 0 aliphatic carbocycles. The molecule has 0 atom stereocenters. The van der Waals surface area contributed by atoms with Crippen molar-refractivity contribution in [2.75, 3.05) is 0 Å². The van der Waals surface area contributed by atoms with E-state index in [1.807, 2.05) is 37.3 Å². The van der Waals surface area contributed by atoms with Crippen molar-refractivity contribution in [3.63, 3.8) is 0 Å². The molecule has 2 rings (SSSR count). The zero-order chi connectivity index (χ0) is 9.26. The molecule has 0 amide bonds. The van der Waals surface area contributed by atoms with E-state index in [1.54, 1.807) is 0 Å². The molecule has 1 heterocycles. The molecule has 1 aromatic carbocycles. The molecule has 0 saturated carbocycles. The SMILES string of the molecule is CCc1cc2ccccc2[nH]c1=O.[HH]. The van der Waals surface area contributed by atoms with Gasteiger partial charge >= 0.3 is 0 Å². The summed E-state index contributed by atoms with van der Waals surface area (Å²) in [5.41, 5.74) is 1.78. The molecular formula is C11H13NO. The lowest BCUT2D eigenvalue weighted by molar-refractivity contribution is 1.08. The van der Waals surface area contributed by atoms with E-state index in [2.05, 4.69) is 4.98 Å². The number of aromatic nitrogens is 1. The normalized spacial score (nSPS) is 10.5. The van der Waals surface area contributed by atoms with Crippen LogP contribution >= 0.6 is 0 Å². The lowest BCUT2D eigenvalue weighted by atomic mass is 10.1. The topological polar surface area (TPSA) is 32.9 Å². The second-order valence-corrected chi connectivity index (χ2v) is 3.06. The maximum Gasteiger partial charge on any atom is 0.251 e. The van der Waals surface area contributed by atoms with Gasteiger partial charge in [-0.2, -0.15) is 0 Å². The number of hydrogen-bond acceptors (Lipinski definition) is 1. The van der Waals surface area contributed by atoms with Gasteiger partial charge in [0.25, 0.3) is 5.56 Å². The summed E-state index contributed by atoms with van der Waals surface area (Å²) in [4.78, 5) is 14.3. The van der Waals surface area contributed by atoms with Crippen molar-refractivity contribution in [2.24, 2.45) is 0 Å². The minimum absolute atomic E-state index is 0. The summed E-state index contributed by atoms with van der Waals surface area (Å²) in [5, 5.41) is 1.10. The van der Waals surface area contributed by atoms with E-state index in [4.69, 9.17) is 0 Å². The van der Waals surface area contributed by atoms with Gasteiger partial charge in [-0.25, -0.2) is 0 Å². The monoisotopic (exact) mass is 175 g/mol. The average Bonchev–Trinajstić information content (AvgIpc) is 2.17. The first kappa shape index (κ1) is 8.05. The highest BCUT2D eigenvalue weighted by molar-refractivity contribution is 5.78. The van der Waals surface area contributed by atoms with E-state index in [1.165, 1.54) is 0 Å². The van der Waals surface area contributed by atoms with Crippen LogP contribution in [-0.4, -0.2) is 4.98 Å². The second-order valence-electron chi connectivity index (χ2n) is 3.06. The maximum absolute atomic E-state index is 11.4. The van der Waals surface area contributed by atoms with Gasteiger partial charge in [-0.05, 0) is 23.9 Å². The fourth-order valence-electron chi connectivity index (χ4n) is 1.46. The largest absolute Gasteiger partial charge is 0.322 e. The molecule has 13 heavy (non-hydrogen) atoms. The highest BCUT2D eigenvalue weighted by Gasteiger charge is 1.98. The number of H-pyrrole nitrogens is 1. The molecule has 2 aromatic rings. The molecule has 0 aliphatic rings. The highest BCUT2D eigenvalue weighted by Crippen LogP contribution is 2.09. The number of nitrogens with one attached hydrogen (secondary N) is 1. The fourth-order valence-corrected chi connectivity index (χ4v) is 1.46. The van der Waals surface area contributed by atoms with Gasteiger partial charge < -0.3 is 4.98 Å². The molecule has 0 aliphatic heterocycles. The van der Waals surface area contributed by atoms with E-state index >= 15 is 0 Å². The second kappa shape index (κ2) is 3.05. The summed E-state index contributed by atoms with van der Waals surface area (Å²) in [7, 11) is 0. The fraction of sp³-hybridized carbons (Fsp3) is 0.182. The number of fused-ring (bicyclic) bond motifs is 1. The third-order valence-electron chi connectivity index (χ3n) is 2.21. The third kappa shape index (κ3) is 1.35. The van der Waals surface area contributed by atoms with Crippen LogP contribution < -0.4 is 5.56 Å². The number of pyridine rings is 1. The summed E-state index contributed by atoms with van der Waals surface area (Å²) in [5.74, 6) is 0. The summed E-state index contributed by atoms with van der Waals surface area (Å²) >= 11 is 0. The molecule has 0 unspecified atom stereocenters. The molecule has 0 bridgehead atoms. The minimum Gasteiger partial charge on any atom is -0.322 e. The molecule has 2 heteroatoms. The Bertz CT molecular complexity index is 490. The number of rotatable bonds is 1. The van der Waals surface area contributed by atoms with Crippen LogP contribution in [0.4, 0.5) is 0 Å². The quantitative estimate of drug-likeness (QED) is 0.709. The van der Waals surface area contributed by atoms with E-state index in [9.17, 15) is 4.79 Å². The van der Waals surface area contributed by atoms with Gasteiger partial charge in [-0.15, -0.1) is 0 Å². The lowest BCUT2D eigenvalue weighted by Gasteiger charge is -1.99. The van der Waals surface area contributed by atoms with E-state index < -0.39 is 0 Å². The van der Waals surface area contributed by atoms with Crippen LogP contribution in [0.2, 0.25) is 0 Å². The van der Waals surface area contributed by atoms with Crippen LogP contribution in [-0.2, 0) is 6.42 Å². The smallest absolute Gasteiger partial charge is 0.251 e. The van der Waals surface area contributed by atoms with Crippen molar-refractivity contribution in [1.82, 2.24) is 4.98 Å². The zero-order valence-electron chi connectivity index (χ0n) is 7.50. The molecule has 1 aromatic heterocycles. The van der Waals surface area contributed by atoms with Gasteiger partial charge in [0.15, 0.2) is 0 Å². The number of aromatic amines is 1. The van der Waals surface area contributed by atoms with Crippen LogP contribution in [0.25, 0.3) is 10.9 Å². The number of para-hydroxylation sites is 1. The van der Waals surface area contributed by atoms with Crippen LogP contribution in [0.15, 0.2) is 35.1 Å². The van der Waals surface area contributed by atoms with Crippen molar-refractivity contribution >= 4 is 10.9 Å². The van der Waals surface area contributed by atoms with Gasteiger partial charge in [0, 0.05) is 12.5 Å². The van der Waals surface area contributed by atoms with Gasteiger partial charge in [0.05, 0.1) is 0 Å². The minimum atomic E-state index is 0. The summed E-state index contributed by atoms with van der Waals surface area (Å²) in [6.45, 7) is 1.99. The molecule has 0 saturated heterocycles. The Morgan fingerprint density at radius 2 is 2.15 bits per heavy atom. The summed E-state index contributed by atoms with van der Waals surface area (Å²) < 4.78 is 0. The first-order chi connectivity index (χ1) is 6.31. The predicted molar refractivity (Wildman–Crippen MR) is 56.1 cm³/mol. The maximum atomic E-state index is 11.4. The Morgan fingerprint density at radius 3 is 2.92 bits per heavy atom. The average molecular weight is 175 g/mol. The van der Waals surface area contributed by atoms with Crippen LogP contribution in [0, 0.1) is 0 Å². The Balaban J connectivity index is 0.000000980. The number of benzene rings is 1. The Hall–Kier alpha value is -1.57. The van der Waals surface area contributed by atoms with E-state index in [0.717, 1.165) is 22.9 Å². The van der Waals surface area contributed by atoms with Crippen LogP contribution in [0.3, 0.4) is 0 Å². The number of aryl methyl sites for hydroxylation is 1. The van der Waals surface area contributed by atoms with Crippen molar-refractivity contribution < 1.29 is 1.43 Å². The zero-order valence-corrected chi connectivity index (χ0v) is 7.50. The van der Waals surface area contributed by atoms with Gasteiger partial charge in [-0.3, -0.25) is 4.79 Å². The van der Waals surface area contributed by atoms with Gasteiger partial charge in [0.1, 0.15) is 0 Å². The van der Waals surface area contributed by atoms with Gasteiger partial charge in [0.2, 0.25) is 0 Å². The predicted octanol–water partition coefficient (Wildman–Crippen LogP) is 2.34. The molecule has 0 fully saturated rings. The van der Waals surface area contributed by atoms with Crippen molar-refractivity contribution in [3.8, 4) is 0 Å². The molecule has 0 radical (unpaired) electrons. The van der Waals surface area contributed by atoms with Crippen molar-refractivity contribution in [1.29, 1.82) is 0 Å². The Labute approximate surface area is 77.7 Å². The van der Waals surface area contributed by atoms with E-state index in [0.29, 0.717) is 0 Å². The van der Waals surface area contributed by atoms with E-state index in [-0.39, 0.29) is 6.99 Å². The number of hydrogen-bond donors (Lipinski definition) is 1.